The number of thiazole rings is 1. The number of hydrogen-bond acceptors (Lipinski definition) is 3. The largest absolute Gasteiger partial charge is 0.353 e. The van der Waals surface area contributed by atoms with Gasteiger partial charge >= 0.3 is 0 Å². The van der Waals surface area contributed by atoms with E-state index in [4.69, 9.17) is 0 Å². The van der Waals surface area contributed by atoms with E-state index in [0.717, 1.165) is 41.9 Å². The Hall–Kier alpha value is -0.420. The molecule has 0 unspecified atom stereocenters. The summed E-state index contributed by atoms with van der Waals surface area (Å²) in [5, 5.41) is 3.24. The maximum absolute atomic E-state index is 12.0. The maximum atomic E-state index is 12.0. The van der Waals surface area contributed by atoms with Crippen LogP contribution in [-0.4, -0.2) is 16.9 Å². The third-order valence-electron chi connectivity index (χ3n) is 4.38. The van der Waals surface area contributed by atoms with Crippen molar-refractivity contribution in [3.05, 3.63) is 14.5 Å². The highest BCUT2D eigenvalue weighted by Gasteiger charge is 2.74. The fourth-order valence-electron chi connectivity index (χ4n) is 2.87. The molecule has 0 aliphatic heterocycles. The summed E-state index contributed by atoms with van der Waals surface area (Å²) in [6.45, 7) is 0. The lowest BCUT2D eigenvalue weighted by molar-refractivity contribution is -0.125. The third-order valence-corrected chi connectivity index (χ3v) is 5.95. The summed E-state index contributed by atoms with van der Waals surface area (Å²) in [6.07, 6.45) is 5.28. The second-order valence-corrected chi connectivity index (χ2v) is 7.87. The van der Waals surface area contributed by atoms with Crippen LogP contribution in [0.3, 0.4) is 0 Å². The van der Waals surface area contributed by atoms with Gasteiger partial charge in [-0.1, -0.05) is 0 Å². The summed E-state index contributed by atoms with van der Waals surface area (Å²) in [5.74, 6) is 1.05. The van der Waals surface area contributed by atoms with Gasteiger partial charge in [0.05, 0.1) is 11.1 Å². The highest BCUT2D eigenvalue weighted by molar-refractivity contribution is 9.11. The molecule has 2 saturated carbocycles. The highest BCUT2D eigenvalue weighted by atomic mass is 79.9. The molecule has 1 N–H and O–H groups in total. The van der Waals surface area contributed by atoms with Gasteiger partial charge in [-0.2, -0.15) is 0 Å². The minimum absolute atomic E-state index is 0.106. The van der Waals surface area contributed by atoms with Gasteiger partial charge in [0.2, 0.25) is 5.91 Å². The number of carbonyl (C=O) groups excluding carboxylic acids is 1. The second kappa shape index (κ2) is 3.32. The zero-order chi connectivity index (χ0) is 11.6. The van der Waals surface area contributed by atoms with Crippen LogP contribution >= 0.6 is 27.3 Å². The van der Waals surface area contributed by atoms with Crippen molar-refractivity contribution in [3.8, 4) is 0 Å². The van der Waals surface area contributed by atoms with Crippen molar-refractivity contribution in [2.24, 2.45) is 11.3 Å². The number of hydrogen-bond donors (Lipinski definition) is 1. The van der Waals surface area contributed by atoms with Crippen LogP contribution in [0.5, 0.6) is 0 Å². The third kappa shape index (κ3) is 1.58. The summed E-state index contributed by atoms with van der Waals surface area (Å²) < 4.78 is 0.970. The molecule has 0 bridgehead atoms. The number of aryl methyl sites for hydroxylation is 1. The SMILES string of the molecule is O=C(N[C@H]1CCc2nc(Br)sc2C1)C12CC1C2. The molecule has 90 valence electrons. The van der Waals surface area contributed by atoms with Gasteiger partial charge in [0.1, 0.15) is 0 Å². The molecule has 1 atom stereocenters. The van der Waals surface area contributed by atoms with E-state index < -0.39 is 0 Å². The Kier molecular flexibility index (Phi) is 2.05. The van der Waals surface area contributed by atoms with Crippen molar-refractivity contribution < 1.29 is 4.79 Å². The Bertz CT molecular complexity index is 507. The first-order valence-corrected chi connectivity index (χ1v) is 7.73. The number of nitrogens with one attached hydrogen (secondary N) is 1. The lowest BCUT2D eigenvalue weighted by Gasteiger charge is -2.23. The molecular weight excluding hydrogens is 300 g/mol. The number of carbonyl (C=O) groups is 1. The van der Waals surface area contributed by atoms with Gasteiger partial charge in [-0.15, -0.1) is 11.3 Å². The number of nitrogens with zero attached hydrogens (tertiary/aromatic N) is 1. The zero-order valence-corrected chi connectivity index (χ0v) is 11.7. The van der Waals surface area contributed by atoms with E-state index in [1.54, 1.807) is 11.3 Å². The van der Waals surface area contributed by atoms with Crippen LogP contribution < -0.4 is 5.32 Å². The number of amides is 1. The van der Waals surface area contributed by atoms with E-state index in [-0.39, 0.29) is 5.41 Å². The summed E-state index contributed by atoms with van der Waals surface area (Å²) >= 11 is 5.14. The summed E-state index contributed by atoms with van der Waals surface area (Å²) in [5.41, 5.74) is 1.33. The van der Waals surface area contributed by atoms with E-state index in [2.05, 4.69) is 26.2 Å². The van der Waals surface area contributed by atoms with Gasteiger partial charge in [0, 0.05) is 17.3 Å². The Labute approximate surface area is 112 Å². The molecule has 1 aromatic rings. The first-order valence-electron chi connectivity index (χ1n) is 6.12. The van der Waals surface area contributed by atoms with Crippen molar-refractivity contribution in [1.82, 2.24) is 10.3 Å². The second-order valence-electron chi connectivity index (χ2n) is 5.51. The molecule has 3 aliphatic rings. The predicted octanol–water partition coefficient (Wildman–Crippen LogP) is 2.29. The molecule has 4 rings (SSSR count). The Morgan fingerprint density at radius 1 is 1.53 bits per heavy atom. The smallest absolute Gasteiger partial charge is 0.226 e. The number of halogens is 1. The van der Waals surface area contributed by atoms with Crippen LogP contribution in [-0.2, 0) is 17.6 Å². The topological polar surface area (TPSA) is 42.0 Å². The molecule has 1 aromatic heterocycles. The van der Waals surface area contributed by atoms with Gasteiger partial charge in [0.15, 0.2) is 3.92 Å². The van der Waals surface area contributed by atoms with Crippen LogP contribution in [0.2, 0.25) is 0 Å². The molecule has 1 amide bonds. The fraction of sp³-hybridized carbons (Fsp3) is 0.667. The molecule has 2 fully saturated rings. The van der Waals surface area contributed by atoms with Crippen LogP contribution in [0.1, 0.15) is 29.8 Å². The van der Waals surface area contributed by atoms with Crippen molar-refractivity contribution in [2.45, 2.75) is 38.1 Å². The first kappa shape index (κ1) is 10.5. The van der Waals surface area contributed by atoms with E-state index >= 15 is 0 Å². The van der Waals surface area contributed by atoms with E-state index in [9.17, 15) is 4.79 Å². The molecule has 0 radical (unpaired) electrons. The Morgan fingerprint density at radius 2 is 2.29 bits per heavy atom. The van der Waals surface area contributed by atoms with Crippen molar-refractivity contribution in [3.63, 3.8) is 0 Å². The fourth-order valence-corrected chi connectivity index (χ4v) is 4.58. The van der Waals surface area contributed by atoms with Crippen molar-refractivity contribution >= 4 is 33.2 Å². The van der Waals surface area contributed by atoms with Gasteiger partial charge in [-0.25, -0.2) is 4.98 Å². The molecule has 0 saturated heterocycles. The number of aromatic nitrogens is 1. The van der Waals surface area contributed by atoms with E-state index in [1.807, 2.05) is 0 Å². The first-order chi connectivity index (χ1) is 8.17. The molecule has 0 aromatic carbocycles. The number of fused-ring (bicyclic) bond motifs is 2. The standard InChI is InChI=1S/C12H13BrN2OS/c13-11-15-8-2-1-7(3-9(8)17-11)14-10(16)12-4-6(12)5-12/h6-7H,1-5H2,(H,14,16)/t6?,7-,12?/m0/s1. The van der Waals surface area contributed by atoms with Gasteiger partial charge in [-0.3, -0.25) is 4.79 Å². The molecule has 0 spiro atoms. The zero-order valence-electron chi connectivity index (χ0n) is 9.33. The molecule has 1 heterocycles. The summed E-state index contributed by atoms with van der Waals surface area (Å²) in [6, 6.07) is 0.332. The molecule has 3 nitrogen and oxygen atoms in total. The molecule has 17 heavy (non-hydrogen) atoms. The van der Waals surface area contributed by atoms with Crippen molar-refractivity contribution in [1.29, 1.82) is 0 Å². The average molecular weight is 313 g/mol. The van der Waals surface area contributed by atoms with Gasteiger partial charge in [-0.05, 0) is 47.5 Å². The van der Waals surface area contributed by atoms with E-state index in [0.29, 0.717) is 11.9 Å². The van der Waals surface area contributed by atoms with Gasteiger partial charge < -0.3 is 5.32 Å². The highest BCUT2D eigenvalue weighted by Crippen LogP contribution is 2.75. The van der Waals surface area contributed by atoms with Crippen LogP contribution in [0.25, 0.3) is 0 Å². The van der Waals surface area contributed by atoms with Crippen molar-refractivity contribution in [2.75, 3.05) is 0 Å². The summed E-state index contributed by atoms with van der Waals surface area (Å²) in [7, 11) is 0. The minimum atomic E-state index is 0.106. The van der Waals surface area contributed by atoms with Crippen LogP contribution in [0, 0.1) is 11.3 Å². The van der Waals surface area contributed by atoms with Crippen LogP contribution in [0.4, 0.5) is 0 Å². The van der Waals surface area contributed by atoms with E-state index in [1.165, 1.54) is 10.6 Å². The van der Waals surface area contributed by atoms with Gasteiger partial charge in [0.25, 0.3) is 0 Å². The molecule has 5 heteroatoms. The normalized spacial score (nSPS) is 37.0. The average Bonchev–Trinajstić information content (AvgIpc) is 3.07. The monoisotopic (exact) mass is 312 g/mol. The Balaban J connectivity index is 1.45. The Morgan fingerprint density at radius 3 is 3.00 bits per heavy atom. The summed E-state index contributed by atoms with van der Waals surface area (Å²) in [4.78, 5) is 17.8. The molecular formula is C12H13BrN2OS. The quantitative estimate of drug-likeness (QED) is 0.910. The molecule has 3 aliphatic carbocycles. The maximum Gasteiger partial charge on any atom is 0.226 e. The lowest BCUT2D eigenvalue weighted by Crippen LogP contribution is -2.40. The lowest BCUT2D eigenvalue weighted by atomic mass is 9.97. The van der Waals surface area contributed by atoms with Crippen LogP contribution in [0.15, 0.2) is 3.92 Å². The number of rotatable bonds is 2. The predicted molar refractivity (Wildman–Crippen MR) is 68.9 cm³/mol. The minimum Gasteiger partial charge on any atom is -0.353 e.